The highest BCUT2D eigenvalue weighted by molar-refractivity contribution is 6.30. The number of ether oxygens (including phenoxy) is 1. The van der Waals surface area contributed by atoms with Gasteiger partial charge in [-0.05, 0) is 30.5 Å². The van der Waals surface area contributed by atoms with E-state index in [1.165, 1.54) is 0 Å². The normalized spacial score (nSPS) is 12.0. The smallest absolute Gasteiger partial charge is 0.184 e. The lowest BCUT2D eigenvalue weighted by atomic mass is 10.2. The van der Waals surface area contributed by atoms with Crippen molar-refractivity contribution >= 4 is 11.6 Å². The van der Waals surface area contributed by atoms with E-state index in [0.29, 0.717) is 29.6 Å². The van der Waals surface area contributed by atoms with Crippen LogP contribution in [0.15, 0.2) is 24.3 Å². The number of nitriles is 1. The second-order valence-electron chi connectivity index (χ2n) is 5.90. The highest BCUT2D eigenvalue weighted by Crippen LogP contribution is 2.22. The third kappa shape index (κ3) is 4.97. The minimum absolute atomic E-state index is 0.139. The van der Waals surface area contributed by atoms with Crippen LogP contribution >= 0.6 is 11.6 Å². The summed E-state index contributed by atoms with van der Waals surface area (Å²) in [6, 6.07) is 9.75. The Hall–Kier alpha value is -2.03. The average molecular weight is 362 g/mol. The molecular weight excluding hydrogens is 338 g/mol. The number of rotatable bonds is 9. The average Bonchev–Trinajstić information content (AvgIpc) is 2.93. The SMILES string of the molecule is CCCCc1nc(Cl)c(CO)n1Cc1ccc(OC(C#N)CC)cc1. The van der Waals surface area contributed by atoms with E-state index in [4.69, 9.17) is 21.6 Å². The number of aliphatic hydroxyl groups excluding tert-OH is 1. The van der Waals surface area contributed by atoms with Crippen molar-refractivity contribution < 1.29 is 9.84 Å². The molecule has 25 heavy (non-hydrogen) atoms. The Labute approximate surface area is 153 Å². The van der Waals surface area contributed by atoms with E-state index in [0.717, 1.165) is 30.7 Å². The number of benzene rings is 1. The van der Waals surface area contributed by atoms with E-state index in [2.05, 4.69) is 18.0 Å². The van der Waals surface area contributed by atoms with E-state index in [1.807, 2.05) is 35.8 Å². The van der Waals surface area contributed by atoms with Crippen LogP contribution in [0, 0.1) is 11.3 Å². The number of unbranched alkanes of at least 4 members (excludes halogenated alkanes) is 1. The van der Waals surface area contributed by atoms with Crippen LogP contribution in [0.2, 0.25) is 5.15 Å². The van der Waals surface area contributed by atoms with E-state index < -0.39 is 6.10 Å². The molecule has 0 radical (unpaired) electrons. The predicted octanol–water partition coefficient (Wildman–Crippen LogP) is 4.10. The number of aliphatic hydroxyl groups is 1. The Kier molecular flexibility index (Phi) is 7.30. The fourth-order valence-electron chi connectivity index (χ4n) is 2.59. The van der Waals surface area contributed by atoms with E-state index >= 15 is 0 Å². The van der Waals surface area contributed by atoms with E-state index in [1.54, 1.807) is 0 Å². The molecule has 0 fully saturated rings. The third-order valence-corrected chi connectivity index (χ3v) is 4.37. The first-order valence-corrected chi connectivity index (χ1v) is 9.00. The van der Waals surface area contributed by atoms with Gasteiger partial charge in [0, 0.05) is 13.0 Å². The monoisotopic (exact) mass is 361 g/mol. The number of hydrogen-bond donors (Lipinski definition) is 1. The van der Waals surface area contributed by atoms with Gasteiger partial charge >= 0.3 is 0 Å². The summed E-state index contributed by atoms with van der Waals surface area (Å²) in [5.41, 5.74) is 1.70. The molecule has 1 aromatic heterocycles. The number of aromatic nitrogens is 2. The summed E-state index contributed by atoms with van der Waals surface area (Å²) in [6.07, 6.45) is 3.14. The Balaban J connectivity index is 2.17. The van der Waals surface area contributed by atoms with E-state index in [-0.39, 0.29) is 6.61 Å². The van der Waals surface area contributed by atoms with Crippen LogP contribution in [0.4, 0.5) is 0 Å². The van der Waals surface area contributed by atoms with Gasteiger partial charge in [0.05, 0.1) is 12.3 Å². The summed E-state index contributed by atoms with van der Waals surface area (Å²) >= 11 is 6.17. The molecule has 1 N–H and O–H groups in total. The molecule has 0 aliphatic carbocycles. The fraction of sp³-hybridized carbons (Fsp3) is 0.474. The van der Waals surface area contributed by atoms with Gasteiger partial charge in [0.15, 0.2) is 11.3 Å². The molecule has 0 aliphatic heterocycles. The quantitative estimate of drug-likeness (QED) is 0.729. The zero-order chi connectivity index (χ0) is 18.2. The van der Waals surface area contributed by atoms with Crippen LogP contribution < -0.4 is 4.74 Å². The molecule has 6 heteroatoms. The minimum atomic E-state index is -0.431. The largest absolute Gasteiger partial charge is 0.476 e. The van der Waals surface area contributed by atoms with Gasteiger partial charge in [-0.25, -0.2) is 4.98 Å². The van der Waals surface area contributed by atoms with Gasteiger partial charge < -0.3 is 14.4 Å². The van der Waals surface area contributed by atoms with Gasteiger partial charge in [-0.3, -0.25) is 0 Å². The van der Waals surface area contributed by atoms with Crippen LogP contribution in [-0.4, -0.2) is 20.8 Å². The van der Waals surface area contributed by atoms with Crippen molar-refractivity contribution in [3.05, 3.63) is 46.5 Å². The lowest BCUT2D eigenvalue weighted by molar-refractivity contribution is 0.252. The second kappa shape index (κ2) is 9.45. The summed E-state index contributed by atoms with van der Waals surface area (Å²) in [6.45, 7) is 4.49. The van der Waals surface area contributed by atoms with Crippen molar-refractivity contribution in [1.29, 1.82) is 5.26 Å². The van der Waals surface area contributed by atoms with Crippen molar-refractivity contribution in [2.75, 3.05) is 0 Å². The van der Waals surface area contributed by atoms with Crippen molar-refractivity contribution in [1.82, 2.24) is 9.55 Å². The maximum absolute atomic E-state index is 9.62. The second-order valence-corrected chi connectivity index (χ2v) is 6.26. The molecule has 134 valence electrons. The first-order chi connectivity index (χ1) is 12.1. The maximum atomic E-state index is 9.62. The van der Waals surface area contributed by atoms with Crippen LogP contribution in [0.5, 0.6) is 5.75 Å². The molecule has 1 heterocycles. The van der Waals surface area contributed by atoms with Crippen molar-refractivity contribution in [2.24, 2.45) is 0 Å². The predicted molar refractivity (Wildman–Crippen MR) is 97.6 cm³/mol. The van der Waals surface area contributed by atoms with Gasteiger partial charge in [0.2, 0.25) is 0 Å². The lowest BCUT2D eigenvalue weighted by Crippen LogP contribution is -2.12. The molecule has 0 amide bonds. The van der Waals surface area contributed by atoms with Gasteiger partial charge in [-0.15, -0.1) is 0 Å². The standard InChI is InChI=1S/C19H24ClN3O2/c1-3-5-6-18-22-19(20)17(13-24)23(18)12-14-7-9-16(10-8-14)25-15(4-2)11-21/h7-10,15,24H,3-6,12-13H2,1-2H3. The first-order valence-electron chi connectivity index (χ1n) is 8.62. The summed E-state index contributed by atoms with van der Waals surface area (Å²) in [4.78, 5) is 4.40. The number of hydrogen-bond acceptors (Lipinski definition) is 4. The number of halogens is 1. The molecular formula is C19H24ClN3O2. The Morgan fingerprint density at radius 3 is 2.60 bits per heavy atom. The molecule has 2 rings (SSSR count). The van der Waals surface area contributed by atoms with Crippen molar-refractivity contribution in [3.63, 3.8) is 0 Å². The molecule has 0 saturated carbocycles. The zero-order valence-corrected chi connectivity index (χ0v) is 15.5. The molecule has 0 aliphatic rings. The van der Waals surface area contributed by atoms with Crippen molar-refractivity contribution in [3.8, 4) is 11.8 Å². The van der Waals surface area contributed by atoms with Crippen LogP contribution in [-0.2, 0) is 19.6 Å². The van der Waals surface area contributed by atoms with Crippen LogP contribution in [0.3, 0.4) is 0 Å². The lowest BCUT2D eigenvalue weighted by Gasteiger charge is -2.13. The number of aryl methyl sites for hydroxylation is 1. The van der Waals surface area contributed by atoms with E-state index in [9.17, 15) is 5.11 Å². The highest BCUT2D eigenvalue weighted by atomic mass is 35.5. The molecule has 2 aromatic rings. The molecule has 1 unspecified atom stereocenters. The number of nitrogens with zero attached hydrogens (tertiary/aromatic N) is 3. The molecule has 0 spiro atoms. The fourth-order valence-corrected chi connectivity index (χ4v) is 2.85. The molecule has 5 nitrogen and oxygen atoms in total. The third-order valence-electron chi connectivity index (χ3n) is 4.06. The maximum Gasteiger partial charge on any atom is 0.184 e. The summed E-state index contributed by atoms with van der Waals surface area (Å²) in [5, 5.41) is 19.0. The van der Waals surface area contributed by atoms with Crippen LogP contribution in [0.1, 0.15) is 50.2 Å². The Bertz CT molecular complexity index is 720. The minimum Gasteiger partial charge on any atom is -0.476 e. The van der Waals surface area contributed by atoms with Gasteiger partial charge in [-0.2, -0.15) is 5.26 Å². The topological polar surface area (TPSA) is 71.1 Å². The highest BCUT2D eigenvalue weighted by Gasteiger charge is 2.15. The summed E-state index contributed by atoms with van der Waals surface area (Å²) in [5.74, 6) is 1.57. The van der Waals surface area contributed by atoms with Gasteiger partial charge in [0.1, 0.15) is 17.6 Å². The summed E-state index contributed by atoms with van der Waals surface area (Å²) in [7, 11) is 0. The Morgan fingerprint density at radius 1 is 1.32 bits per heavy atom. The molecule has 1 atom stereocenters. The summed E-state index contributed by atoms with van der Waals surface area (Å²) < 4.78 is 7.59. The van der Waals surface area contributed by atoms with Gasteiger partial charge in [-0.1, -0.05) is 44.0 Å². The molecule has 0 saturated heterocycles. The number of imidazole rings is 1. The van der Waals surface area contributed by atoms with Gasteiger partial charge in [0.25, 0.3) is 0 Å². The van der Waals surface area contributed by atoms with Crippen molar-refractivity contribution in [2.45, 2.75) is 58.8 Å². The zero-order valence-electron chi connectivity index (χ0n) is 14.7. The molecule has 0 bridgehead atoms. The first kappa shape index (κ1) is 19.3. The van der Waals surface area contributed by atoms with Crippen LogP contribution in [0.25, 0.3) is 0 Å². The molecule has 1 aromatic carbocycles. The Morgan fingerprint density at radius 2 is 2.04 bits per heavy atom.